The second kappa shape index (κ2) is 7.72. The molecule has 154 valence electrons. The number of nitrogens with one attached hydrogen (secondary N) is 2. The molecule has 2 N–H and O–H groups in total. The molecule has 0 saturated heterocycles. The minimum absolute atomic E-state index is 0.0134. The van der Waals surface area contributed by atoms with E-state index in [9.17, 15) is 9.18 Å². The quantitative estimate of drug-likeness (QED) is 0.377. The van der Waals surface area contributed by atoms with Crippen molar-refractivity contribution in [3.8, 4) is 0 Å². The standard InChI is InChI=1S/C22H15ClFN5OS/c1-29-20-13(9-19(21(29)30)31-15-3-4-17(24)16(23)10-15)11-26-22(28-20)27-14-2-5-18-12(8-14)6-7-25-18/h2-11,25H,1H3,(H,26,27,28). The third-order valence-corrected chi connectivity index (χ3v) is 6.14. The van der Waals surface area contributed by atoms with Crippen LogP contribution in [0.3, 0.4) is 0 Å². The van der Waals surface area contributed by atoms with Crippen LogP contribution in [-0.4, -0.2) is 19.5 Å². The average Bonchev–Trinajstić information content (AvgIpc) is 3.23. The van der Waals surface area contributed by atoms with Crippen molar-refractivity contribution in [3.63, 3.8) is 0 Å². The van der Waals surface area contributed by atoms with E-state index in [2.05, 4.69) is 20.3 Å². The van der Waals surface area contributed by atoms with Crippen LogP contribution in [-0.2, 0) is 7.05 Å². The molecule has 0 fully saturated rings. The van der Waals surface area contributed by atoms with Crippen molar-refractivity contribution in [1.82, 2.24) is 19.5 Å². The van der Waals surface area contributed by atoms with Crippen LogP contribution in [0.1, 0.15) is 0 Å². The first-order valence-electron chi connectivity index (χ1n) is 9.32. The summed E-state index contributed by atoms with van der Waals surface area (Å²) in [5, 5.41) is 4.98. The van der Waals surface area contributed by atoms with E-state index < -0.39 is 5.82 Å². The van der Waals surface area contributed by atoms with Gasteiger partial charge in [-0.25, -0.2) is 9.37 Å². The number of fused-ring (bicyclic) bond motifs is 2. The van der Waals surface area contributed by atoms with Crippen molar-refractivity contribution in [2.24, 2.45) is 7.05 Å². The molecule has 0 saturated carbocycles. The molecule has 3 heterocycles. The molecule has 31 heavy (non-hydrogen) atoms. The third-order valence-electron chi connectivity index (χ3n) is 4.84. The van der Waals surface area contributed by atoms with E-state index in [-0.39, 0.29) is 10.6 Å². The summed E-state index contributed by atoms with van der Waals surface area (Å²) in [5.41, 5.74) is 2.18. The topological polar surface area (TPSA) is 75.6 Å². The molecule has 0 bridgehead atoms. The molecular formula is C22H15ClFN5OS. The van der Waals surface area contributed by atoms with Gasteiger partial charge in [-0.3, -0.25) is 9.36 Å². The Labute approximate surface area is 185 Å². The van der Waals surface area contributed by atoms with E-state index in [0.717, 1.165) is 16.6 Å². The number of hydrogen-bond acceptors (Lipinski definition) is 5. The average molecular weight is 452 g/mol. The molecule has 0 amide bonds. The van der Waals surface area contributed by atoms with Crippen molar-refractivity contribution in [3.05, 3.63) is 82.1 Å². The van der Waals surface area contributed by atoms with Gasteiger partial charge in [-0.2, -0.15) is 4.98 Å². The number of hydrogen-bond donors (Lipinski definition) is 2. The molecule has 9 heteroatoms. The highest BCUT2D eigenvalue weighted by Crippen LogP contribution is 2.30. The summed E-state index contributed by atoms with van der Waals surface area (Å²) >= 11 is 7.07. The Morgan fingerprint density at radius 1 is 1.13 bits per heavy atom. The van der Waals surface area contributed by atoms with Crippen molar-refractivity contribution in [2.45, 2.75) is 9.79 Å². The number of aromatic amines is 1. The third kappa shape index (κ3) is 3.75. The van der Waals surface area contributed by atoms with Gasteiger partial charge in [0.25, 0.3) is 5.56 Å². The lowest BCUT2D eigenvalue weighted by Crippen LogP contribution is -2.19. The SMILES string of the molecule is Cn1c(=O)c(Sc2ccc(F)c(Cl)c2)cc2cnc(Nc3ccc4[nH]ccc4c3)nc21. The van der Waals surface area contributed by atoms with E-state index in [0.29, 0.717) is 26.8 Å². The zero-order chi connectivity index (χ0) is 21.5. The molecule has 0 aliphatic rings. The minimum Gasteiger partial charge on any atom is -0.361 e. The second-order valence-electron chi connectivity index (χ2n) is 6.93. The van der Waals surface area contributed by atoms with Crippen molar-refractivity contribution >= 4 is 56.9 Å². The van der Waals surface area contributed by atoms with Gasteiger partial charge >= 0.3 is 0 Å². The lowest BCUT2D eigenvalue weighted by atomic mass is 10.2. The van der Waals surface area contributed by atoms with Crippen molar-refractivity contribution in [2.75, 3.05) is 5.32 Å². The molecule has 0 spiro atoms. The lowest BCUT2D eigenvalue weighted by Gasteiger charge is -2.10. The number of anilines is 2. The number of aryl methyl sites for hydroxylation is 1. The number of H-pyrrole nitrogens is 1. The molecule has 5 aromatic rings. The molecule has 0 radical (unpaired) electrons. The van der Waals surface area contributed by atoms with Gasteiger partial charge < -0.3 is 10.3 Å². The molecule has 6 nitrogen and oxygen atoms in total. The molecular weight excluding hydrogens is 437 g/mol. The fraction of sp³-hybridized carbons (Fsp3) is 0.0455. The zero-order valence-corrected chi connectivity index (χ0v) is 17.8. The van der Waals surface area contributed by atoms with E-state index in [1.165, 1.54) is 28.5 Å². The van der Waals surface area contributed by atoms with Crippen LogP contribution in [0.25, 0.3) is 21.9 Å². The van der Waals surface area contributed by atoms with E-state index >= 15 is 0 Å². The van der Waals surface area contributed by atoms with E-state index in [1.54, 1.807) is 25.4 Å². The number of rotatable bonds is 4. The van der Waals surface area contributed by atoms with Crippen LogP contribution in [0.5, 0.6) is 0 Å². The van der Waals surface area contributed by atoms with Gasteiger partial charge in [0.1, 0.15) is 11.5 Å². The van der Waals surface area contributed by atoms with E-state index in [1.807, 2.05) is 30.5 Å². The number of pyridine rings is 1. The number of halogens is 2. The highest BCUT2D eigenvalue weighted by Gasteiger charge is 2.12. The second-order valence-corrected chi connectivity index (χ2v) is 8.45. The maximum atomic E-state index is 13.4. The van der Waals surface area contributed by atoms with Crippen LogP contribution >= 0.6 is 23.4 Å². The Kier molecular flexibility index (Phi) is 4.88. The van der Waals surface area contributed by atoms with Gasteiger partial charge in [0.05, 0.1) is 9.92 Å². The number of aromatic nitrogens is 4. The monoisotopic (exact) mass is 451 g/mol. The fourth-order valence-corrected chi connectivity index (χ4v) is 4.50. The summed E-state index contributed by atoms with van der Waals surface area (Å²) in [7, 11) is 1.66. The molecule has 0 atom stereocenters. The molecule has 0 unspecified atom stereocenters. The number of nitrogens with zero attached hydrogens (tertiary/aromatic N) is 3. The maximum Gasteiger partial charge on any atom is 0.265 e. The van der Waals surface area contributed by atoms with Gasteiger partial charge in [-0.1, -0.05) is 23.4 Å². The van der Waals surface area contributed by atoms with Crippen molar-refractivity contribution < 1.29 is 4.39 Å². The van der Waals surface area contributed by atoms with Crippen LogP contribution in [0, 0.1) is 5.82 Å². The normalized spacial score (nSPS) is 11.3. The Morgan fingerprint density at radius 3 is 2.84 bits per heavy atom. The maximum absolute atomic E-state index is 13.4. The minimum atomic E-state index is -0.499. The van der Waals surface area contributed by atoms with Gasteiger partial charge in [-0.05, 0) is 48.5 Å². The van der Waals surface area contributed by atoms with Crippen LogP contribution < -0.4 is 10.9 Å². The van der Waals surface area contributed by atoms with Gasteiger partial charge in [0.15, 0.2) is 0 Å². The first-order valence-corrected chi connectivity index (χ1v) is 10.5. The highest BCUT2D eigenvalue weighted by molar-refractivity contribution is 7.99. The predicted octanol–water partition coefficient (Wildman–Crippen LogP) is 5.50. The summed E-state index contributed by atoms with van der Waals surface area (Å²) in [4.78, 5) is 26.1. The Hall–Kier alpha value is -3.36. The largest absolute Gasteiger partial charge is 0.361 e. The summed E-state index contributed by atoms with van der Waals surface area (Å²) in [6, 6.07) is 14.0. The highest BCUT2D eigenvalue weighted by atomic mass is 35.5. The number of benzene rings is 2. The summed E-state index contributed by atoms with van der Waals surface area (Å²) in [6.07, 6.45) is 3.55. The van der Waals surface area contributed by atoms with Gasteiger partial charge in [0.2, 0.25) is 5.95 Å². The van der Waals surface area contributed by atoms with Crippen LogP contribution in [0.2, 0.25) is 5.02 Å². The molecule has 5 rings (SSSR count). The fourth-order valence-electron chi connectivity index (χ4n) is 3.28. The van der Waals surface area contributed by atoms with Crippen LogP contribution in [0.15, 0.2) is 75.5 Å². The Bertz CT molecular complexity index is 1510. The smallest absolute Gasteiger partial charge is 0.265 e. The Morgan fingerprint density at radius 2 is 2.00 bits per heavy atom. The predicted molar refractivity (Wildman–Crippen MR) is 122 cm³/mol. The summed E-state index contributed by atoms with van der Waals surface area (Å²) in [5.74, 6) is -0.107. The first-order chi connectivity index (χ1) is 15.0. The van der Waals surface area contributed by atoms with Crippen molar-refractivity contribution in [1.29, 1.82) is 0 Å². The van der Waals surface area contributed by atoms with E-state index in [4.69, 9.17) is 11.6 Å². The zero-order valence-electron chi connectivity index (χ0n) is 16.2. The van der Waals surface area contributed by atoms with Gasteiger partial charge in [-0.15, -0.1) is 0 Å². The van der Waals surface area contributed by atoms with Crippen LogP contribution in [0.4, 0.5) is 16.0 Å². The van der Waals surface area contributed by atoms with Gasteiger partial charge in [0, 0.05) is 46.3 Å². The molecule has 0 aliphatic carbocycles. The first kappa shape index (κ1) is 19.6. The lowest BCUT2D eigenvalue weighted by molar-refractivity contribution is 0.627. The molecule has 2 aromatic carbocycles. The Balaban J connectivity index is 1.49. The summed E-state index contributed by atoms with van der Waals surface area (Å²) in [6.45, 7) is 0. The summed E-state index contributed by atoms with van der Waals surface area (Å²) < 4.78 is 14.9. The molecule has 0 aliphatic heterocycles. The molecule has 3 aromatic heterocycles.